The van der Waals surface area contributed by atoms with E-state index in [0.717, 1.165) is 16.9 Å². The van der Waals surface area contributed by atoms with Crippen LogP contribution < -0.4 is 10.2 Å². The van der Waals surface area contributed by atoms with Crippen LogP contribution in [0.4, 0.5) is 10.6 Å². The summed E-state index contributed by atoms with van der Waals surface area (Å²) in [6.45, 7) is 10.1. The van der Waals surface area contributed by atoms with E-state index in [9.17, 15) is 19.5 Å². The van der Waals surface area contributed by atoms with Crippen molar-refractivity contribution in [3.05, 3.63) is 52.4 Å². The molecule has 3 atom stereocenters. The number of hydrogen-bond acceptors (Lipinski definition) is 9. The zero-order chi connectivity index (χ0) is 33.4. The number of carboxylic acid groups (broad SMARTS) is 1. The summed E-state index contributed by atoms with van der Waals surface area (Å²) < 4.78 is 5.31. The van der Waals surface area contributed by atoms with Crippen LogP contribution >= 0.6 is 11.6 Å². The van der Waals surface area contributed by atoms with Gasteiger partial charge in [0.25, 0.3) is 0 Å². The first-order valence-electron chi connectivity index (χ1n) is 15.8. The van der Waals surface area contributed by atoms with Gasteiger partial charge in [-0.1, -0.05) is 30.7 Å². The molecule has 2 aliphatic rings. The first-order valence-corrected chi connectivity index (χ1v) is 16.2. The predicted molar refractivity (Wildman–Crippen MR) is 174 cm³/mol. The summed E-state index contributed by atoms with van der Waals surface area (Å²) in [5.41, 5.74) is 2.60. The largest absolute Gasteiger partial charge is 0.465 e. The van der Waals surface area contributed by atoms with Crippen LogP contribution in [0.15, 0.2) is 30.6 Å². The lowest BCUT2D eigenvalue weighted by atomic mass is 9.95. The number of nitrogens with zero attached hydrogens (tertiary/aromatic N) is 6. The molecule has 0 saturated carbocycles. The number of ether oxygens (including phenoxy) is 1. The van der Waals surface area contributed by atoms with E-state index in [2.05, 4.69) is 45.9 Å². The van der Waals surface area contributed by atoms with Gasteiger partial charge in [0.2, 0.25) is 11.8 Å². The Morgan fingerprint density at radius 2 is 1.80 bits per heavy atom. The van der Waals surface area contributed by atoms with Gasteiger partial charge in [-0.15, -0.1) is 0 Å². The van der Waals surface area contributed by atoms with Gasteiger partial charge in [0.1, 0.15) is 18.8 Å². The Hall–Kier alpha value is -3.52. The van der Waals surface area contributed by atoms with E-state index >= 15 is 0 Å². The summed E-state index contributed by atoms with van der Waals surface area (Å²) >= 11 is 6.20. The number of benzene rings is 1. The van der Waals surface area contributed by atoms with Gasteiger partial charge in [-0.2, -0.15) is 0 Å². The Kier molecular flexibility index (Phi) is 12.6. The van der Waals surface area contributed by atoms with Gasteiger partial charge in [0.05, 0.1) is 24.3 Å². The lowest BCUT2D eigenvalue weighted by molar-refractivity contribution is -0.136. The smallest absolute Gasteiger partial charge is 0.404 e. The molecule has 1 saturated heterocycles. The third-order valence-corrected chi connectivity index (χ3v) is 9.04. The maximum absolute atomic E-state index is 14.2. The molecule has 1 fully saturated rings. The minimum atomic E-state index is -1.14. The van der Waals surface area contributed by atoms with E-state index in [1.165, 1.54) is 6.33 Å². The summed E-state index contributed by atoms with van der Waals surface area (Å²) in [5, 5.41) is 21.9. The summed E-state index contributed by atoms with van der Waals surface area (Å²) in [5.74, 6) is 0.413. The second-order valence-electron chi connectivity index (χ2n) is 12.3. The first-order chi connectivity index (χ1) is 22.0. The number of piperazine rings is 1. The monoisotopic (exact) mass is 659 g/mol. The number of anilines is 1. The molecule has 13 nitrogen and oxygen atoms in total. The van der Waals surface area contributed by atoms with Crippen molar-refractivity contribution in [3.8, 4) is 0 Å². The Labute approximate surface area is 275 Å². The van der Waals surface area contributed by atoms with Crippen LogP contribution in [-0.4, -0.2) is 131 Å². The number of aromatic nitrogens is 2. The van der Waals surface area contributed by atoms with Crippen molar-refractivity contribution in [2.75, 3.05) is 77.5 Å². The Morgan fingerprint density at radius 3 is 2.46 bits per heavy atom. The molecule has 0 radical (unpaired) electrons. The molecule has 0 bridgehead atoms. The fourth-order valence-corrected chi connectivity index (χ4v) is 6.16. The molecular formula is C32H46ClN7O6. The van der Waals surface area contributed by atoms with E-state index in [0.29, 0.717) is 63.0 Å². The number of likely N-dealkylation sites (N-methyl/N-ethyl adjacent to an activating group) is 1. The molecule has 2 aromatic rings. The van der Waals surface area contributed by atoms with Crippen LogP contribution in [0, 0.1) is 0 Å². The van der Waals surface area contributed by atoms with Gasteiger partial charge in [0, 0.05) is 76.0 Å². The average molecular weight is 660 g/mol. The Bertz CT molecular complexity index is 1340. The SMILES string of the molecule is CC(C)N(CCN(C)C(=O)COCCNC(=O)O)C[C@@H](C(=O)N1CCN(c2ncnc3c2[C@H](C)C[C@H]3O)CC1)c1ccc(Cl)cc1. The minimum Gasteiger partial charge on any atom is -0.465 e. The zero-order valence-electron chi connectivity index (χ0n) is 27.1. The number of rotatable bonds is 14. The van der Waals surface area contributed by atoms with Crippen molar-refractivity contribution >= 4 is 35.3 Å². The van der Waals surface area contributed by atoms with E-state index < -0.39 is 18.1 Å². The van der Waals surface area contributed by atoms with Crippen molar-refractivity contribution < 1.29 is 29.3 Å². The third kappa shape index (κ3) is 9.05. The zero-order valence-corrected chi connectivity index (χ0v) is 27.8. The molecule has 1 aromatic heterocycles. The molecule has 2 heterocycles. The van der Waals surface area contributed by atoms with Crippen molar-refractivity contribution in [1.29, 1.82) is 0 Å². The predicted octanol–water partition coefficient (Wildman–Crippen LogP) is 2.56. The molecule has 4 rings (SSSR count). The maximum Gasteiger partial charge on any atom is 0.404 e. The van der Waals surface area contributed by atoms with Crippen LogP contribution in [0.1, 0.15) is 62.0 Å². The van der Waals surface area contributed by atoms with Crippen LogP contribution in [0.3, 0.4) is 0 Å². The van der Waals surface area contributed by atoms with E-state index in [-0.39, 0.29) is 43.5 Å². The number of nitrogens with one attached hydrogen (secondary N) is 1. The molecule has 46 heavy (non-hydrogen) atoms. The van der Waals surface area contributed by atoms with Gasteiger partial charge in [-0.3, -0.25) is 14.5 Å². The van der Waals surface area contributed by atoms with Crippen molar-refractivity contribution in [3.63, 3.8) is 0 Å². The highest BCUT2D eigenvalue weighted by atomic mass is 35.5. The summed E-state index contributed by atoms with van der Waals surface area (Å²) in [4.78, 5) is 54.1. The Morgan fingerprint density at radius 1 is 1.11 bits per heavy atom. The second-order valence-corrected chi connectivity index (χ2v) is 12.7. The second kappa shape index (κ2) is 16.3. The molecule has 1 aliphatic heterocycles. The molecule has 1 aliphatic carbocycles. The van der Waals surface area contributed by atoms with Crippen LogP contribution in [0.5, 0.6) is 0 Å². The molecule has 14 heteroatoms. The lowest BCUT2D eigenvalue weighted by Crippen LogP contribution is -2.52. The molecule has 0 spiro atoms. The fraction of sp³-hybridized carbons (Fsp3) is 0.594. The number of carbonyl (C=O) groups excluding carboxylic acids is 2. The van der Waals surface area contributed by atoms with Crippen molar-refractivity contribution in [1.82, 2.24) is 30.0 Å². The average Bonchev–Trinajstić information content (AvgIpc) is 3.33. The van der Waals surface area contributed by atoms with Gasteiger partial charge in [-0.05, 0) is 43.9 Å². The molecule has 3 amide bonds. The van der Waals surface area contributed by atoms with Crippen LogP contribution in [0.2, 0.25) is 5.02 Å². The number of hydrogen-bond donors (Lipinski definition) is 3. The molecule has 3 N–H and O–H groups in total. The number of halogens is 1. The molecular weight excluding hydrogens is 614 g/mol. The van der Waals surface area contributed by atoms with Crippen molar-refractivity contribution in [2.24, 2.45) is 0 Å². The lowest BCUT2D eigenvalue weighted by Gasteiger charge is -2.39. The third-order valence-electron chi connectivity index (χ3n) is 8.78. The fourth-order valence-electron chi connectivity index (χ4n) is 6.03. The highest BCUT2D eigenvalue weighted by molar-refractivity contribution is 6.30. The van der Waals surface area contributed by atoms with E-state index in [1.807, 2.05) is 17.0 Å². The number of amides is 3. The maximum atomic E-state index is 14.2. The van der Waals surface area contributed by atoms with E-state index in [4.69, 9.17) is 21.4 Å². The number of fused-ring (bicyclic) bond motifs is 1. The minimum absolute atomic E-state index is 0.0390. The van der Waals surface area contributed by atoms with Gasteiger partial charge >= 0.3 is 6.09 Å². The van der Waals surface area contributed by atoms with E-state index in [1.54, 1.807) is 24.1 Å². The normalized spacial score (nSPS) is 18.5. The van der Waals surface area contributed by atoms with Crippen molar-refractivity contribution in [2.45, 2.75) is 51.2 Å². The molecule has 0 unspecified atom stereocenters. The quantitative estimate of drug-likeness (QED) is 0.258. The van der Waals surface area contributed by atoms with Gasteiger partial charge in [0.15, 0.2) is 0 Å². The number of carbonyl (C=O) groups is 3. The van der Waals surface area contributed by atoms with Gasteiger partial charge in [-0.25, -0.2) is 14.8 Å². The van der Waals surface area contributed by atoms with Gasteiger partial charge < -0.3 is 35.0 Å². The first kappa shape index (κ1) is 35.3. The Balaban J connectivity index is 1.39. The summed E-state index contributed by atoms with van der Waals surface area (Å²) in [6.07, 6.45) is 0.443. The number of aliphatic hydroxyl groups is 1. The van der Waals surface area contributed by atoms with Crippen LogP contribution in [0.25, 0.3) is 0 Å². The molecule has 252 valence electrons. The van der Waals surface area contributed by atoms with Crippen LogP contribution in [-0.2, 0) is 14.3 Å². The molecule has 1 aromatic carbocycles. The number of aliphatic hydroxyl groups excluding tert-OH is 1. The summed E-state index contributed by atoms with van der Waals surface area (Å²) in [7, 11) is 1.70. The highest BCUT2D eigenvalue weighted by Crippen LogP contribution is 2.42. The summed E-state index contributed by atoms with van der Waals surface area (Å²) in [6, 6.07) is 7.53. The standard InChI is InChI=1S/C32H46ClN7O6/c1-21(2)40(11-10-37(4)27(42)19-46-16-9-34-32(44)45)18-25(23-5-7-24(33)8-6-23)31(43)39-14-12-38(13-15-39)30-28-22(3)17-26(41)29(28)35-20-36-30/h5-8,20-22,25-26,34,41H,9-19H2,1-4H3,(H,44,45)/t22-,25-,26-/m1/s1. The highest BCUT2D eigenvalue weighted by Gasteiger charge is 2.35. The topological polar surface area (TPSA) is 152 Å².